The number of phenolic OH excluding ortho intramolecular Hbond substituents is 1. The number of azo groups is 2. The zero-order chi connectivity index (χ0) is 31.5. The van der Waals surface area contributed by atoms with Crippen LogP contribution in [-0.4, -0.2) is 96.1 Å². The Kier molecular flexibility index (Phi) is 12.5. The number of benzene rings is 5. The van der Waals surface area contributed by atoms with Crippen LogP contribution in [0.3, 0.4) is 0 Å². The summed E-state index contributed by atoms with van der Waals surface area (Å²) in [6.45, 7) is 0. The number of nitrogens with one attached hydrogen (secondary N) is 1. The van der Waals surface area contributed by atoms with E-state index in [0.717, 1.165) is 6.07 Å². The zero-order valence-electron chi connectivity index (χ0n) is 24.3. The molecule has 0 spiro atoms. The Bertz CT molecular complexity index is 2160. The van der Waals surface area contributed by atoms with Crippen molar-refractivity contribution >= 4 is 124 Å². The zero-order valence-corrected chi connectivity index (χ0v) is 29.9. The summed E-state index contributed by atoms with van der Waals surface area (Å²) in [5, 5.41) is 29.7. The number of carbonyl (C=O) groups excluding carboxylic acids is 1. The predicted molar refractivity (Wildman–Crippen MR) is 172 cm³/mol. The number of rotatable bonds is 8. The Morgan fingerprint density at radius 1 is 0.609 bits per heavy atom. The van der Waals surface area contributed by atoms with Crippen molar-refractivity contribution in [3.05, 3.63) is 109 Å². The summed E-state index contributed by atoms with van der Waals surface area (Å²) in [5.74, 6) is -0.721. The second-order valence-electron chi connectivity index (χ2n) is 9.18. The van der Waals surface area contributed by atoms with Crippen molar-refractivity contribution in [3.63, 3.8) is 0 Å². The second kappa shape index (κ2) is 15.5. The molecule has 0 heterocycles. The smallest absolute Gasteiger partial charge is 0.295 e. The number of nitrogens with zero attached hydrogens (tertiary/aromatic N) is 4. The van der Waals surface area contributed by atoms with E-state index in [1.807, 2.05) is 0 Å². The van der Waals surface area contributed by atoms with Crippen molar-refractivity contribution in [2.75, 3.05) is 5.32 Å². The molecule has 0 aliphatic heterocycles. The summed E-state index contributed by atoms with van der Waals surface area (Å²) < 4.78 is 64.7. The Balaban J connectivity index is 0.00000288. The van der Waals surface area contributed by atoms with Crippen LogP contribution in [0.15, 0.2) is 133 Å². The number of anilines is 1. The normalized spacial score (nSPS) is 11.7. The van der Waals surface area contributed by atoms with Crippen LogP contribution in [0.2, 0.25) is 0 Å². The van der Waals surface area contributed by atoms with E-state index < -0.39 is 31.0 Å². The molecule has 5 rings (SSSR count). The minimum Gasteiger partial charge on any atom is -0.505 e. The Hall–Kier alpha value is -3.35. The molecule has 5 aromatic carbocycles. The van der Waals surface area contributed by atoms with Crippen molar-refractivity contribution in [1.82, 2.24) is 0 Å². The van der Waals surface area contributed by atoms with Gasteiger partial charge in [-0.2, -0.15) is 32.2 Å². The molecule has 0 aliphatic rings. The van der Waals surface area contributed by atoms with Gasteiger partial charge < -0.3 is 10.4 Å². The molecule has 0 aliphatic carbocycles. The molecule has 0 aromatic heterocycles. The van der Waals surface area contributed by atoms with Gasteiger partial charge in [-0.15, -0.1) is 5.11 Å². The van der Waals surface area contributed by atoms with Gasteiger partial charge >= 0.3 is 0 Å². The van der Waals surface area contributed by atoms with Crippen LogP contribution in [0.5, 0.6) is 5.75 Å². The van der Waals surface area contributed by atoms with Crippen molar-refractivity contribution in [2.45, 2.75) is 9.79 Å². The molecule has 0 unspecified atom stereocenters. The van der Waals surface area contributed by atoms with Crippen LogP contribution in [0.1, 0.15) is 10.4 Å². The molecule has 0 saturated heterocycles. The van der Waals surface area contributed by atoms with E-state index in [1.165, 1.54) is 60.7 Å². The van der Waals surface area contributed by atoms with Gasteiger partial charge in [0.1, 0.15) is 10.6 Å². The van der Waals surface area contributed by atoms with Gasteiger partial charge in [-0.25, -0.2) is 0 Å². The minimum absolute atomic E-state index is 0. The van der Waals surface area contributed by atoms with E-state index in [-0.39, 0.29) is 86.2 Å². The fourth-order valence-corrected chi connectivity index (χ4v) is 5.20. The van der Waals surface area contributed by atoms with E-state index in [9.17, 15) is 31.3 Å². The topological polar surface area (TPSA) is 208 Å². The summed E-state index contributed by atoms with van der Waals surface area (Å²) >= 11 is 0. The molecule has 5 aromatic rings. The molecule has 2 radical (unpaired) electrons. The summed E-state index contributed by atoms with van der Waals surface area (Å²) in [6, 6.07) is 24.8. The number of aromatic hydroxyl groups is 1. The number of hydrogen-bond donors (Lipinski definition) is 4. The monoisotopic (exact) mass is 677 g/mol. The average Bonchev–Trinajstić information content (AvgIpc) is 3.00. The molecule has 4 N–H and O–H groups in total. The van der Waals surface area contributed by atoms with Crippen LogP contribution in [0.25, 0.3) is 10.8 Å². The standard InChI is InChI=1S/C29H21N5O8S2.2Na/c35-28-25-4-2-1-3-24(25)27(44(40,41)42)17-26(28)34-33-20-7-5-18(6-8-20)29(36)30-19-9-11-21(12-10-19)31-32-22-13-15-23(16-14-22)43(37,38)39;;/h1-17,35H,(H,30,36)(H,37,38,39)(H,40,41,42);;. The first-order valence-electron chi connectivity index (χ1n) is 12.5. The van der Waals surface area contributed by atoms with Gasteiger partial charge in [0.2, 0.25) is 0 Å². The fraction of sp³-hybridized carbons (Fsp3) is 0. The van der Waals surface area contributed by atoms with E-state index >= 15 is 0 Å². The molecular formula is C29H21N5Na2O8S2. The molecule has 46 heavy (non-hydrogen) atoms. The third-order valence-corrected chi connectivity index (χ3v) is 7.94. The Morgan fingerprint density at radius 2 is 1.09 bits per heavy atom. The van der Waals surface area contributed by atoms with Gasteiger partial charge in [-0.3, -0.25) is 13.9 Å². The Morgan fingerprint density at radius 3 is 1.61 bits per heavy atom. The Labute approximate surface area is 307 Å². The van der Waals surface area contributed by atoms with Crippen molar-refractivity contribution < 1.29 is 35.8 Å². The molecule has 0 saturated carbocycles. The molecule has 0 bridgehead atoms. The number of carbonyl (C=O) groups is 1. The maximum absolute atomic E-state index is 12.7. The van der Waals surface area contributed by atoms with Crippen molar-refractivity contribution in [1.29, 1.82) is 0 Å². The number of hydrogen-bond acceptors (Lipinski definition) is 10. The third-order valence-electron chi connectivity index (χ3n) is 6.18. The van der Waals surface area contributed by atoms with Gasteiger partial charge in [0.05, 0.1) is 22.0 Å². The minimum atomic E-state index is -4.61. The summed E-state index contributed by atoms with van der Waals surface area (Å²) in [7, 11) is -8.90. The van der Waals surface area contributed by atoms with Crippen LogP contribution < -0.4 is 5.32 Å². The molecule has 0 fully saturated rings. The number of fused-ring (bicyclic) bond motifs is 1. The van der Waals surface area contributed by atoms with Gasteiger partial charge in [-0.05, 0) is 78.9 Å². The van der Waals surface area contributed by atoms with Gasteiger partial charge in [-0.1, -0.05) is 24.3 Å². The summed E-state index contributed by atoms with van der Waals surface area (Å²) in [4.78, 5) is 12.0. The number of amides is 1. The first-order chi connectivity index (χ1) is 20.9. The molecular weight excluding hydrogens is 656 g/mol. The molecule has 13 nitrogen and oxygen atoms in total. The third kappa shape index (κ3) is 9.13. The van der Waals surface area contributed by atoms with Crippen LogP contribution in [0, 0.1) is 0 Å². The SMILES string of the molecule is O=C(Nc1ccc(N=Nc2ccc(S(=O)(=O)O)cc2)cc1)c1ccc(N=Nc2cc(S(=O)(=O)O)c3ccccc3c2O)cc1.[Na].[Na]. The van der Waals surface area contributed by atoms with Crippen molar-refractivity contribution in [2.24, 2.45) is 20.5 Å². The maximum atomic E-state index is 12.7. The van der Waals surface area contributed by atoms with Gasteiger partial charge in [0, 0.05) is 81.1 Å². The van der Waals surface area contributed by atoms with Crippen LogP contribution >= 0.6 is 0 Å². The second-order valence-corrected chi connectivity index (χ2v) is 12.0. The summed E-state index contributed by atoms with van der Waals surface area (Å²) in [5.41, 5.74) is 1.77. The van der Waals surface area contributed by atoms with E-state index in [4.69, 9.17) is 4.55 Å². The van der Waals surface area contributed by atoms with E-state index in [2.05, 4.69) is 25.8 Å². The summed E-state index contributed by atoms with van der Waals surface area (Å²) in [6.07, 6.45) is 0. The molecule has 1 amide bonds. The average molecular weight is 678 g/mol. The largest absolute Gasteiger partial charge is 0.505 e. The molecule has 0 atom stereocenters. The first-order valence-corrected chi connectivity index (χ1v) is 15.4. The predicted octanol–water partition coefficient (Wildman–Crippen LogP) is 6.36. The van der Waals surface area contributed by atoms with Crippen LogP contribution in [-0.2, 0) is 20.2 Å². The quantitative estimate of drug-likeness (QED) is 0.0823. The van der Waals surface area contributed by atoms with Gasteiger partial charge in [0.25, 0.3) is 26.1 Å². The number of phenols is 1. The van der Waals surface area contributed by atoms with Crippen molar-refractivity contribution in [3.8, 4) is 5.75 Å². The van der Waals surface area contributed by atoms with E-state index in [0.29, 0.717) is 28.3 Å². The first kappa shape index (κ1) is 37.1. The van der Waals surface area contributed by atoms with Crippen LogP contribution in [0.4, 0.5) is 28.4 Å². The van der Waals surface area contributed by atoms with E-state index in [1.54, 1.807) is 36.4 Å². The fourth-order valence-electron chi connectivity index (χ4n) is 4.01. The van der Waals surface area contributed by atoms with Gasteiger partial charge in [0.15, 0.2) is 5.75 Å². The maximum Gasteiger partial charge on any atom is 0.295 e. The molecule has 224 valence electrons. The molecule has 17 heteroatoms.